The van der Waals surface area contributed by atoms with E-state index in [-0.39, 0.29) is 37.7 Å². The minimum absolute atomic E-state index is 0. The van der Waals surface area contributed by atoms with Crippen LogP contribution >= 0.6 is 46.9 Å². The van der Waals surface area contributed by atoms with Crippen LogP contribution in [0.1, 0.15) is 0 Å². The SMILES string of the molecule is O=P(O)(O)OP(=O)(O)O.O=P(O)(O)OP(=O)(O)O.O=P(O)(O)OP(=O)(O)O.O[C@H]1[C@H](O)[C@@H](O)[C@H](O)[C@@H](O)[C@H]1O.[CaH2]. The van der Waals surface area contributed by atoms with Crippen LogP contribution in [0.5, 0.6) is 0 Å². The Hall–Kier alpha value is 1.80. The monoisotopic (exact) mass is 756 g/mol. The summed E-state index contributed by atoms with van der Waals surface area (Å²) in [6.45, 7) is 0. The van der Waals surface area contributed by atoms with E-state index in [1.807, 2.05) is 0 Å². The van der Waals surface area contributed by atoms with Crippen molar-refractivity contribution in [2.24, 2.45) is 0 Å². The molecule has 0 aromatic rings. The van der Waals surface area contributed by atoms with Crippen molar-refractivity contribution in [2.45, 2.75) is 36.6 Å². The molecule has 1 aliphatic carbocycles. The van der Waals surface area contributed by atoms with Crippen molar-refractivity contribution in [1.82, 2.24) is 0 Å². The first-order valence-electron chi connectivity index (χ1n) is 8.14. The number of hydrogen-bond donors (Lipinski definition) is 18. The van der Waals surface area contributed by atoms with Gasteiger partial charge in [-0.25, -0.2) is 27.4 Å². The van der Waals surface area contributed by atoms with E-state index < -0.39 is 83.6 Å². The van der Waals surface area contributed by atoms with E-state index in [1.165, 1.54) is 0 Å². The summed E-state index contributed by atoms with van der Waals surface area (Å²) in [5, 5.41) is 53.8. The second kappa shape index (κ2) is 18.7. The third-order valence-electron chi connectivity index (χ3n) is 2.74. The Kier molecular flexibility index (Phi) is 22.8. The fraction of sp³-hybridized carbons (Fsp3) is 1.00. The van der Waals surface area contributed by atoms with Crippen molar-refractivity contribution in [3.05, 3.63) is 0 Å². The third kappa shape index (κ3) is 31.2. The molecule has 0 aromatic carbocycles. The second-order valence-electron chi connectivity index (χ2n) is 6.13. The zero-order valence-electron chi connectivity index (χ0n) is 17.9. The molecule has 27 nitrogen and oxygen atoms in total. The average Bonchev–Trinajstić information content (AvgIpc) is 2.55. The zero-order valence-corrected chi connectivity index (χ0v) is 23.2. The van der Waals surface area contributed by atoms with Gasteiger partial charge in [0.1, 0.15) is 36.6 Å². The Balaban J connectivity index is -0.000000216. The molecule has 1 rings (SSSR count). The Morgan fingerprint density at radius 2 is 0.375 bits per heavy atom. The topological polar surface area (TPSA) is 494 Å². The first-order chi connectivity index (χ1) is 16.6. The minimum atomic E-state index is -5.05. The first kappa shape index (κ1) is 48.7. The van der Waals surface area contributed by atoms with Crippen LogP contribution in [0.2, 0.25) is 0 Å². The van der Waals surface area contributed by atoms with Crippen LogP contribution in [0.4, 0.5) is 0 Å². The molecule has 1 saturated carbocycles. The fourth-order valence-electron chi connectivity index (χ4n) is 1.63. The number of aliphatic hydroxyl groups is 6. The third-order valence-corrected chi connectivity index (χ3v) is 7.84. The van der Waals surface area contributed by atoms with Gasteiger partial charge in [0.15, 0.2) is 0 Å². The molecule has 0 amide bonds. The van der Waals surface area contributed by atoms with Gasteiger partial charge in [-0.05, 0) is 0 Å². The van der Waals surface area contributed by atoms with Crippen molar-refractivity contribution in [3.8, 4) is 0 Å². The Morgan fingerprint density at radius 1 is 0.300 bits per heavy atom. The van der Waals surface area contributed by atoms with Crippen LogP contribution in [0, 0.1) is 0 Å². The first-order valence-corrected chi connectivity index (χ1v) is 17.3. The van der Waals surface area contributed by atoms with Gasteiger partial charge in [0.2, 0.25) is 0 Å². The predicted molar refractivity (Wildman–Crippen MR) is 120 cm³/mol. The molecule has 0 aromatic heterocycles. The van der Waals surface area contributed by atoms with E-state index in [2.05, 4.69) is 12.9 Å². The summed E-state index contributed by atoms with van der Waals surface area (Å²) < 4.78 is 66.6. The van der Waals surface area contributed by atoms with Gasteiger partial charge in [-0.1, -0.05) is 0 Å². The fourth-order valence-corrected chi connectivity index (χ4v) is 4.95. The van der Waals surface area contributed by atoms with Crippen LogP contribution < -0.4 is 0 Å². The van der Waals surface area contributed by atoms with Gasteiger partial charge in [-0.2, -0.15) is 12.9 Å². The summed E-state index contributed by atoms with van der Waals surface area (Å²) in [6.07, 6.45) is -9.84. The van der Waals surface area contributed by atoms with E-state index in [1.54, 1.807) is 0 Å². The molecule has 1 fully saturated rings. The van der Waals surface area contributed by atoms with E-state index >= 15 is 0 Å². The van der Waals surface area contributed by atoms with E-state index in [4.69, 9.17) is 89.4 Å². The summed E-state index contributed by atoms with van der Waals surface area (Å²) in [5.74, 6) is 0. The molecular weight excluding hydrogens is 730 g/mol. The summed E-state index contributed by atoms with van der Waals surface area (Å²) in [6, 6.07) is 0. The predicted octanol–water partition coefficient (Wildman–Crippen LogP) is -7.19. The molecule has 0 bridgehead atoms. The molecule has 34 heteroatoms. The Morgan fingerprint density at radius 3 is 0.400 bits per heavy atom. The normalized spacial score (nSPS) is 25.9. The van der Waals surface area contributed by atoms with E-state index in [0.717, 1.165) is 0 Å². The standard InChI is InChI=1S/C6H12O6.Ca.3H4O7P2.2H/c7-1-2(8)4(10)6(12)5(11)3(1)9;;3*1-8(2,3)7-9(4,5)6;;/h1-12H;;3*(H2,1,2,3)(H2,4,5,6);;/t1-,2-,3-,4+,5-,6-;;;;;;. The van der Waals surface area contributed by atoms with Gasteiger partial charge in [0.25, 0.3) is 0 Å². The van der Waals surface area contributed by atoms with Gasteiger partial charge in [-0.15, -0.1) is 0 Å². The molecular formula is C6H26CaO27P6. The summed E-state index contributed by atoms with van der Waals surface area (Å²) in [4.78, 5) is 93.0. The van der Waals surface area contributed by atoms with Gasteiger partial charge in [-0.3, -0.25) is 0 Å². The van der Waals surface area contributed by atoms with Crippen LogP contribution in [0.3, 0.4) is 0 Å². The summed E-state index contributed by atoms with van der Waals surface area (Å²) in [7, 11) is -30.3. The average molecular weight is 756 g/mol. The molecule has 0 atom stereocenters. The quantitative estimate of drug-likeness (QED) is 0.0884. The van der Waals surface area contributed by atoms with Crippen LogP contribution in [-0.4, -0.2) is 164 Å². The van der Waals surface area contributed by atoms with Gasteiger partial charge in [0.05, 0.1) is 0 Å². The van der Waals surface area contributed by atoms with Crippen LogP contribution in [0.15, 0.2) is 0 Å². The van der Waals surface area contributed by atoms with Gasteiger partial charge in [0, 0.05) is 0 Å². The van der Waals surface area contributed by atoms with Crippen molar-refractivity contribution < 1.29 is 130 Å². The summed E-state index contributed by atoms with van der Waals surface area (Å²) in [5.41, 5.74) is 0. The molecule has 0 spiro atoms. The Labute approximate surface area is 250 Å². The van der Waals surface area contributed by atoms with Gasteiger partial charge >= 0.3 is 84.7 Å². The zero-order chi connectivity index (χ0) is 32.6. The van der Waals surface area contributed by atoms with Crippen LogP contribution in [-0.2, 0) is 40.3 Å². The molecule has 40 heavy (non-hydrogen) atoms. The van der Waals surface area contributed by atoms with Crippen molar-refractivity contribution in [3.63, 3.8) is 0 Å². The van der Waals surface area contributed by atoms with Crippen molar-refractivity contribution in [1.29, 1.82) is 0 Å². The molecule has 0 heterocycles. The second-order valence-corrected chi connectivity index (χ2v) is 14.0. The number of phosphoric acid groups is 6. The Bertz CT molecular complexity index is 790. The van der Waals surface area contributed by atoms with E-state index in [9.17, 15) is 27.4 Å². The maximum absolute atomic E-state index is 9.63. The molecule has 18 N–H and O–H groups in total. The number of hydrogen-bond acceptors (Lipinski definition) is 15. The van der Waals surface area contributed by atoms with Gasteiger partial charge < -0.3 is 89.4 Å². The molecule has 0 saturated heterocycles. The van der Waals surface area contributed by atoms with Crippen molar-refractivity contribution in [2.75, 3.05) is 0 Å². The number of rotatable bonds is 6. The molecule has 0 radical (unpaired) electrons. The van der Waals surface area contributed by atoms with E-state index in [0.29, 0.717) is 0 Å². The molecule has 244 valence electrons. The maximum atomic E-state index is 9.63. The summed E-state index contributed by atoms with van der Waals surface area (Å²) >= 11 is 0. The molecule has 1 aliphatic rings. The molecule has 0 unspecified atom stereocenters. The molecule has 0 aliphatic heterocycles. The van der Waals surface area contributed by atoms with Crippen molar-refractivity contribution >= 4 is 84.7 Å². The number of aliphatic hydroxyl groups excluding tert-OH is 6. The van der Waals surface area contributed by atoms with Crippen LogP contribution in [0.25, 0.3) is 0 Å².